The Morgan fingerprint density at radius 3 is 2.54 bits per heavy atom. The minimum absolute atomic E-state index is 0.0126. The van der Waals surface area contributed by atoms with Gasteiger partial charge in [0.05, 0.1) is 29.9 Å². The maximum absolute atomic E-state index is 12.9. The highest BCUT2D eigenvalue weighted by molar-refractivity contribution is 7.89. The number of hydrogen-bond donors (Lipinski definition) is 1. The summed E-state index contributed by atoms with van der Waals surface area (Å²) in [4.78, 5) is 12.5. The molecule has 0 aromatic heterocycles. The second-order valence-corrected chi connectivity index (χ2v) is 9.09. The van der Waals surface area contributed by atoms with Crippen LogP contribution in [0.15, 0.2) is 23.1 Å². The van der Waals surface area contributed by atoms with E-state index in [9.17, 15) is 13.2 Å². The van der Waals surface area contributed by atoms with Crippen LogP contribution in [-0.4, -0.2) is 51.0 Å². The summed E-state index contributed by atoms with van der Waals surface area (Å²) < 4.78 is 38.1. The van der Waals surface area contributed by atoms with Crippen LogP contribution in [0.4, 0.5) is 5.69 Å². The van der Waals surface area contributed by atoms with Gasteiger partial charge < -0.3 is 14.8 Å². The Balaban J connectivity index is 1.89. The number of benzene rings is 1. The molecular weight excluding hydrogens is 356 g/mol. The van der Waals surface area contributed by atoms with Gasteiger partial charge in [-0.05, 0) is 44.4 Å². The van der Waals surface area contributed by atoms with Crippen LogP contribution in [0, 0.1) is 11.8 Å². The number of ether oxygens (including phenoxy) is 2. The van der Waals surface area contributed by atoms with Gasteiger partial charge in [-0.15, -0.1) is 0 Å². The first-order valence-corrected chi connectivity index (χ1v) is 10.4. The van der Waals surface area contributed by atoms with Gasteiger partial charge in [0.1, 0.15) is 5.75 Å². The average Bonchev–Trinajstić information content (AvgIpc) is 3.33. The van der Waals surface area contributed by atoms with Crippen molar-refractivity contribution in [2.75, 3.05) is 31.6 Å². The highest BCUT2D eigenvalue weighted by atomic mass is 32.2. The molecule has 0 radical (unpaired) electrons. The van der Waals surface area contributed by atoms with Crippen molar-refractivity contribution in [1.29, 1.82) is 0 Å². The number of carbonyl (C=O) groups is 1. The molecule has 26 heavy (non-hydrogen) atoms. The molecule has 1 aliphatic carbocycles. The Hall–Kier alpha value is -1.64. The van der Waals surface area contributed by atoms with Crippen LogP contribution in [0.5, 0.6) is 5.75 Å². The first kappa shape index (κ1) is 19.1. The molecule has 1 saturated heterocycles. The summed E-state index contributed by atoms with van der Waals surface area (Å²) in [5.74, 6) is 0.737. The molecule has 0 spiro atoms. The number of amides is 1. The molecule has 3 rings (SSSR count). The van der Waals surface area contributed by atoms with Crippen molar-refractivity contribution in [2.45, 2.75) is 38.2 Å². The minimum atomic E-state index is -3.63. The molecule has 1 aromatic rings. The predicted octanol–water partition coefficient (Wildman–Crippen LogP) is 2.09. The fourth-order valence-corrected chi connectivity index (χ4v) is 4.41. The standard InChI is InChI=1S/C18H26N2O5S/c1-12(2)25-17-5-4-14(26(22,23)20-6-8-24-9-7-20)11-16(17)19-18(21)15-10-13(15)3/h4-5,11-13,15H,6-10H2,1-3H3,(H,19,21)/t13-,15-/m1/s1. The average molecular weight is 382 g/mol. The second kappa shape index (κ2) is 7.54. The summed E-state index contributed by atoms with van der Waals surface area (Å²) >= 11 is 0. The molecule has 7 nitrogen and oxygen atoms in total. The van der Waals surface area contributed by atoms with Crippen LogP contribution < -0.4 is 10.1 Å². The molecule has 2 fully saturated rings. The summed E-state index contributed by atoms with van der Waals surface area (Å²) in [6, 6.07) is 4.63. The Morgan fingerprint density at radius 1 is 1.31 bits per heavy atom. The van der Waals surface area contributed by atoms with E-state index in [0.717, 1.165) is 6.42 Å². The number of nitrogens with one attached hydrogen (secondary N) is 1. The maximum Gasteiger partial charge on any atom is 0.243 e. The largest absolute Gasteiger partial charge is 0.489 e. The van der Waals surface area contributed by atoms with Crippen molar-refractivity contribution in [1.82, 2.24) is 4.31 Å². The van der Waals surface area contributed by atoms with Crippen molar-refractivity contribution in [3.63, 3.8) is 0 Å². The molecule has 2 aliphatic rings. The van der Waals surface area contributed by atoms with Crippen LogP contribution in [0.3, 0.4) is 0 Å². The zero-order valence-electron chi connectivity index (χ0n) is 15.4. The van der Waals surface area contributed by atoms with Crippen LogP contribution in [-0.2, 0) is 19.6 Å². The summed E-state index contributed by atoms with van der Waals surface area (Å²) in [5.41, 5.74) is 0.400. The smallest absolute Gasteiger partial charge is 0.243 e. The molecule has 1 aromatic carbocycles. The molecule has 144 valence electrons. The van der Waals surface area contributed by atoms with E-state index in [-0.39, 0.29) is 22.8 Å². The fraction of sp³-hybridized carbons (Fsp3) is 0.611. The quantitative estimate of drug-likeness (QED) is 0.814. The Bertz CT molecular complexity index is 772. The molecule has 1 saturated carbocycles. The van der Waals surface area contributed by atoms with E-state index >= 15 is 0 Å². The van der Waals surface area contributed by atoms with Crippen LogP contribution in [0.25, 0.3) is 0 Å². The van der Waals surface area contributed by atoms with Crippen molar-refractivity contribution in [3.8, 4) is 5.75 Å². The lowest BCUT2D eigenvalue weighted by Gasteiger charge is -2.26. The van der Waals surface area contributed by atoms with Gasteiger partial charge in [-0.2, -0.15) is 4.31 Å². The van der Waals surface area contributed by atoms with Crippen molar-refractivity contribution < 1.29 is 22.7 Å². The third-order valence-electron chi connectivity index (χ3n) is 4.63. The second-order valence-electron chi connectivity index (χ2n) is 7.15. The summed E-state index contributed by atoms with van der Waals surface area (Å²) in [7, 11) is -3.63. The zero-order valence-corrected chi connectivity index (χ0v) is 16.2. The van der Waals surface area contributed by atoms with Gasteiger partial charge in [-0.1, -0.05) is 6.92 Å². The lowest BCUT2D eigenvalue weighted by molar-refractivity contribution is -0.117. The van der Waals surface area contributed by atoms with Gasteiger partial charge in [-0.3, -0.25) is 4.79 Å². The molecule has 1 aliphatic heterocycles. The SMILES string of the molecule is CC(C)Oc1ccc(S(=O)(=O)N2CCOCC2)cc1NC(=O)[C@@H]1C[C@H]1C. The van der Waals surface area contributed by atoms with Crippen molar-refractivity contribution in [2.24, 2.45) is 11.8 Å². The van der Waals surface area contributed by atoms with Gasteiger partial charge in [-0.25, -0.2) is 8.42 Å². The summed E-state index contributed by atoms with van der Waals surface area (Å²) in [5, 5.41) is 2.85. The summed E-state index contributed by atoms with van der Waals surface area (Å²) in [6.45, 7) is 7.21. The normalized spacial score (nSPS) is 23.7. The minimum Gasteiger partial charge on any atom is -0.489 e. The molecule has 0 unspecified atom stereocenters. The molecule has 0 bridgehead atoms. The van der Waals surface area contributed by atoms with E-state index in [4.69, 9.17) is 9.47 Å². The van der Waals surface area contributed by atoms with Crippen molar-refractivity contribution >= 4 is 21.6 Å². The monoisotopic (exact) mass is 382 g/mol. The number of nitrogens with zero attached hydrogens (tertiary/aromatic N) is 1. The van der Waals surface area contributed by atoms with E-state index < -0.39 is 10.0 Å². The molecule has 2 atom stereocenters. The number of morpholine rings is 1. The van der Waals surface area contributed by atoms with E-state index in [1.807, 2.05) is 20.8 Å². The number of sulfonamides is 1. The molecule has 1 N–H and O–H groups in total. The number of anilines is 1. The first-order chi connectivity index (χ1) is 12.3. The van der Waals surface area contributed by atoms with Gasteiger partial charge in [0.15, 0.2) is 0 Å². The number of hydrogen-bond acceptors (Lipinski definition) is 5. The third kappa shape index (κ3) is 4.19. The van der Waals surface area contributed by atoms with Gasteiger partial charge >= 0.3 is 0 Å². The lowest BCUT2D eigenvalue weighted by atomic mass is 10.2. The topological polar surface area (TPSA) is 84.9 Å². The Morgan fingerprint density at radius 2 is 1.96 bits per heavy atom. The van der Waals surface area contributed by atoms with E-state index in [1.165, 1.54) is 16.4 Å². The summed E-state index contributed by atoms with van der Waals surface area (Å²) in [6.07, 6.45) is 0.769. The molecule has 1 amide bonds. The first-order valence-electron chi connectivity index (χ1n) is 8.98. The van der Waals surface area contributed by atoms with Crippen LogP contribution in [0.2, 0.25) is 0 Å². The van der Waals surface area contributed by atoms with Crippen molar-refractivity contribution in [3.05, 3.63) is 18.2 Å². The lowest BCUT2D eigenvalue weighted by Crippen LogP contribution is -2.40. The number of rotatable bonds is 6. The predicted molar refractivity (Wildman–Crippen MR) is 97.7 cm³/mol. The molecule has 8 heteroatoms. The van der Waals surface area contributed by atoms with Gasteiger partial charge in [0, 0.05) is 19.0 Å². The van der Waals surface area contributed by atoms with E-state index in [0.29, 0.717) is 43.7 Å². The van der Waals surface area contributed by atoms with Gasteiger partial charge in [0.25, 0.3) is 0 Å². The molecular formula is C18H26N2O5S. The third-order valence-corrected chi connectivity index (χ3v) is 6.52. The van der Waals surface area contributed by atoms with E-state index in [1.54, 1.807) is 6.07 Å². The fourth-order valence-electron chi connectivity index (χ4n) is 2.97. The van der Waals surface area contributed by atoms with Crippen LogP contribution in [0.1, 0.15) is 27.2 Å². The Labute approximate surface area is 154 Å². The zero-order chi connectivity index (χ0) is 18.9. The number of carbonyl (C=O) groups excluding carboxylic acids is 1. The highest BCUT2D eigenvalue weighted by Gasteiger charge is 2.39. The van der Waals surface area contributed by atoms with Crippen LogP contribution >= 0.6 is 0 Å². The Kier molecular flexibility index (Phi) is 5.55. The van der Waals surface area contributed by atoms with Gasteiger partial charge in [0.2, 0.25) is 15.9 Å². The maximum atomic E-state index is 12.9. The highest BCUT2D eigenvalue weighted by Crippen LogP contribution is 2.39. The molecule has 1 heterocycles. The van der Waals surface area contributed by atoms with E-state index in [2.05, 4.69) is 5.32 Å².